The van der Waals surface area contributed by atoms with E-state index in [1.54, 1.807) is 19.4 Å². The quantitative estimate of drug-likeness (QED) is 0.859. The molecule has 3 rings (SSSR count). The van der Waals surface area contributed by atoms with E-state index in [0.717, 1.165) is 16.9 Å². The molecule has 1 aromatic carbocycles. The molecule has 2 aliphatic rings. The number of allylic oxidation sites excluding steroid dienone is 1. The lowest BCUT2D eigenvalue weighted by Gasteiger charge is -2.37. The Kier molecular flexibility index (Phi) is 3.51. The van der Waals surface area contributed by atoms with Crippen LogP contribution in [0.4, 0.5) is 0 Å². The van der Waals surface area contributed by atoms with E-state index >= 15 is 0 Å². The van der Waals surface area contributed by atoms with Crippen LogP contribution in [0.5, 0.6) is 5.75 Å². The van der Waals surface area contributed by atoms with E-state index in [1.807, 2.05) is 30.3 Å². The largest absolute Gasteiger partial charge is 0.478 e. The number of nitrogens with zero attached hydrogens (tertiary/aromatic N) is 1. The Morgan fingerprint density at radius 3 is 2.76 bits per heavy atom. The van der Waals surface area contributed by atoms with Gasteiger partial charge >= 0.3 is 0 Å². The predicted octanol–water partition coefficient (Wildman–Crippen LogP) is 2.20. The number of sulfonamides is 1. The summed E-state index contributed by atoms with van der Waals surface area (Å²) >= 11 is 0. The third kappa shape index (κ3) is 2.45. The zero-order valence-corrected chi connectivity index (χ0v) is 12.7. The van der Waals surface area contributed by atoms with Gasteiger partial charge in [-0.05, 0) is 12.1 Å². The molecule has 0 bridgehead atoms. The molecule has 0 aromatic heterocycles. The van der Waals surface area contributed by atoms with Crippen LogP contribution >= 0.6 is 0 Å². The van der Waals surface area contributed by atoms with Gasteiger partial charge in [-0.2, -0.15) is 4.31 Å². The van der Waals surface area contributed by atoms with Crippen LogP contribution in [0.1, 0.15) is 18.4 Å². The molecule has 0 spiro atoms. The smallest absolute Gasteiger partial charge is 0.214 e. The van der Waals surface area contributed by atoms with Crippen LogP contribution in [0.3, 0.4) is 0 Å². The molecule has 0 saturated carbocycles. The van der Waals surface area contributed by atoms with Crippen molar-refractivity contribution in [3.05, 3.63) is 54.0 Å². The summed E-state index contributed by atoms with van der Waals surface area (Å²) in [6.07, 6.45) is 5.62. The van der Waals surface area contributed by atoms with Gasteiger partial charge < -0.3 is 9.47 Å². The molecule has 21 heavy (non-hydrogen) atoms. The number of hydrogen-bond acceptors (Lipinski definition) is 4. The van der Waals surface area contributed by atoms with Gasteiger partial charge in [0.25, 0.3) is 0 Å². The van der Waals surface area contributed by atoms with Gasteiger partial charge in [-0.3, -0.25) is 0 Å². The van der Waals surface area contributed by atoms with Crippen molar-refractivity contribution in [3.8, 4) is 5.75 Å². The number of benzene rings is 1. The summed E-state index contributed by atoms with van der Waals surface area (Å²) in [6, 6.07) is 7.73. The predicted molar refractivity (Wildman–Crippen MR) is 79.1 cm³/mol. The highest BCUT2D eigenvalue weighted by molar-refractivity contribution is 7.88. The molecule has 2 atom stereocenters. The zero-order valence-electron chi connectivity index (χ0n) is 11.9. The second kappa shape index (κ2) is 5.20. The van der Waals surface area contributed by atoms with E-state index in [2.05, 4.69) is 0 Å². The normalized spacial score (nSPS) is 23.7. The van der Waals surface area contributed by atoms with Crippen molar-refractivity contribution in [3.63, 3.8) is 0 Å². The van der Waals surface area contributed by atoms with E-state index in [1.165, 1.54) is 10.6 Å². The van der Waals surface area contributed by atoms with Crippen LogP contribution < -0.4 is 4.74 Å². The molecule has 0 aliphatic carbocycles. The fraction of sp³-hybridized carbons (Fsp3) is 0.333. The van der Waals surface area contributed by atoms with Gasteiger partial charge in [-0.1, -0.05) is 25.1 Å². The molecule has 2 heterocycles. The molecule has 0 N–H and O–H groups in total. The maximum Gasteiger partial charge on any atom is 0.214 e. The summed E-state index contributed by atoms with van der Waals surface area (Å²) in [5, 5.41) is 0. The van der Waals surface area contributed by atoms with Gasteiger partial charge in [0.2, 0.25) is 10.0 Å². The topological polar surface area (TPSA) is 55.8 Å². The minimum absolute atomic E-state index is 0.0236. The number of para-hydroxylation sites is 1. The van der Waals surface area contributed by atoms with E-state index in [9.17, 15) is 8.42 Å². The molecule has 0 fully saturated rings. The van der Waals surface area contributed by atoms with Crippen LogP contribution in [0, 0.1) is 0 Å². The fourth-order valence-electron chi connectivity index (χ4n) is 2.74. The monoisotopic (exact) mass is 307 g/mol. The van der Waals surface area contributed by atoms with Gasteiger partial charge in [-0.25, -0.2) is 8.42 Å². The Balaban J connectivity index is 2.02. The average molecular weight is 307 g/mol. The van der Waals surface area contributed by atoms with E-state index in [4.69, 9.17) is 9.47 Å². The van der Waals surface area contributed by atoms with Gasteiger partial charge in [0.1, 0.15) is 5.75 Å². The highest BCUT2D eigenvalue weighted by Gasteiger charge is 2.38. The number of likely N-dealkylation sites (N-methyl/N-ethyl adjacent to an activating group) is 1. The van der Waals surface area contributed by atoms with Crippen LogP contribution in [0.15, 0.2) is 48.4 Å². The Morgan fingerprint density at radius 1 is 1.29 bits per heavy atom. The van der Waals surface area contributed by atoms with Crippen molar-refractivity contribution >= 4 is 10.0 Å². The Morgan fingerprint density at radius 2 is 2.05 bits per heavy atom. The molecule has 6 heteroatoms. The minimum Gasteiger partial charge on any atom is -0.478 e. The first kappa shape index (κ1) is 14.2. The molecular weight excluding hydrogens is 290 g/mol. The van der Waals surface area contributed by atoms with Crippen molar-refractivity contribution in [2.24, 2.45) is 0 Å². The van der Waals surface area contributed by atoms with E-state index in [0.29, 0.717) is 6.54 Å². The molecule has 5 nitrogen and oxygen atoms in total. The van der Waals surface area contributed by atoms with Gasteiger partial charge in [-0.15, -0.1) is 0 Å². The molecule has 112 valence electrons. The van der Waals surface area contributed by atoms with Gasteiger partial charge in [0.05, 0.1) is 18.8 Å². The molecular formula is C15H17NO4S. The summed E-state index contributed by atoms with van der Waals surface area (Å²) in [6.45, 7) is 2.12. The van der Waals surface area contributed by atoms with Crippen LogP contribution in [-0.2, 0) is 14.8 Å². The second-order valence-corrected chi connectivity index (χ2v) is 6.97. The summed E-state index contributed by atoms with van der Waals surface area (Å²) in [4.78, 5) is 0. The fourth-order valence-corrected chi connectivity index (χ4v) is 3.73. The zero-order chi connectivity index (χ0) is 15.0. The molecule has 0 saturated heterocycles. The first-order valence-corrected chi connectivity index (χ1v) is 8.61. The summed E-state index contributed by atoms with van der Waals surface area (Å²) in [5.41, 5.74) is 1.81. The number of ether oxygens (including phenoxy) is 2. The molecule has 0 amide bonds. The summed E-state index contributed by atoms with van der Waals surface area (Å²) in [5.74, 6) is 0.767. The average Bonchev–Trinajstić information content (AvgIpc) is 2.46. The van der Waals surface area contributed by atoms with Crippen LogP contribution in [0.2, 0.25) is 0 Å². The maximum atomic E-state index is 11.9. The number of hydrogen-bond donors (Lipinski definition) is 0. The van der Waals surface area contributed by atoms with E-state index in [-0.39, 0.29) is 5.92 Å². The first-order valence-electron chi connectivity index (χ1n) is 6.77. The SMILES string of the molecule is CCN(C1OC=CC2C1=COc1ccccc12)S(C)(=O)=O. The highest BCUT2D eigenvalue weighted by Crippen LogP contribution is 2.42. The minimum atomic E-state index is -3.36. The third-order valence-electron chi connectivity index (χ3n) is 3.70. The molecule has 1 aromatic rings. The summed E-state index contributed by atoms with van der Waals surface area (Å²) < 4.78 is 36.4. The van der Waals surface area contributed by atoms with Gasteiger partial charge in [0.15, 0.2) is 6.23 Å². The number of fused-ring (bicyclic) bond motifs is 3. The highest BCUT2D eigenvalue weighted by atomic mass is 32.2. The summed E-state index contributed by atoms with van der Waals surface area (Å²) in [7, 11) is -3.36. The Labute approximate surface area is 124 Å². The van der Waals surface area contributed by atoms with Crippen molar-refractivity contribution in [2.75, 3.05) is 12.8 Å². The van der Waals surface area contributed by atoms with Crippen molar-refractivity contribution in [1.29, 1.82) is 0 Å². The lowest BCUT2D eigenvalue weighted by atomic mass is 9.87. The Bertz CT molecular complexity index is 708. The standard InChI is InChI=1S/C15H17NO4S/c1-3-16(21(2,17)18)15-13-10-20-14-7-5-4-6-12(14)11(13)8-9-19-15/h4-11,15H,3H2,1-2H3. The maximum absolute atomic E-state index is 11.9. The van der Waals surface area contributed by atoms with Crippen molar-refractivity contribution in [1.82, 2.24) is 4.31 Å². The number of rotatable bonds is 3. The lowest BCUT2D eigenvalue weighted by molar-refractivity contribution is 0.0635. The van der Waals surface area contributed by atoms with Crippen molar-refractivity contribution in [2.45, 2.75) is 19.1 Å². The molecule has 0 radical (unpaired) electrons. The van der Waals surface area contributed by atoms with Crippen molar-refractivity contribution < 1.29 is 17.9 Å². The van der Waals surface area contributed by atoms with E-state index < -0.39 is 16.3 Å². The second-order valence-electron chi connectivity index (χ2n) is 5.03. The molecule has 2 unspecified atom stereocenters. The Hall–Kier alpha value is -1.79. The van der Waals surface area contributed by atoms with Crippen LogP contribution in [-0.4, -0.2) is 31.8 Å². The lowest BCUT2D eigenvalue weighted by Crippen LogP contribution is -2.44. The van der Waals surface area contributed by atoms with Crippen LogP contribution in [0.25, 0.3) is 0 Å². The molecule has 2 aliphatic heterocycles. The first-order chi connectivity index (χ1) is 10.0. The van der Waals surface area contributed by atoms with Gasteiger partial charge in [0, 0.05) is 23.6 Å². The third-order valence-corrected chi connectivity index (χ3v) is 5.00.